The Kier molecular flexibility index (Phi) is 6.02. The SMILES string of the molecule is c1ccc(-c2cccc(-n3c4ccccc4c4cc(-c5ccc6c(c5)c5ccccc5n6-c5cc6c7c(cccc7n5)-c5ccncc5-6)ccc43)c2)cc1. The third-order valence-corrected chi connectivity index (χ3v) is 11.3. The second-order valence-corrected chi connectivity index (χ2v) is 14.2. The van der Waals surface area contributed by atoms with Crippen molar-refractivity contribution in [1.82, 2.24) is 19.1 Å². The Morgan fingerprint density at radius 1 is 0.370 bits per heavy atom. The highest BCUT2D eigenvalue weighted by Crippen LogP contribution is 2.47. The molecule has 0 atom stereocenters. The van der Waals surface area contributed by atoms with Crippen molar-refractivity contribution in [3.8, 4) is 56.0 Å². The van der Waals surface area contributed by atoms with Gasteiger partial charge in [0.25, 0.3) is 0 Å². The minimum atomic E-state index is 0.913. The highest BCUT2D eigenvalue weighted by atomic mass is 15.1. The summed E-state index contributed by atoms with van der Waals surface area (Å²) in [5.74, 6) is 0.913. The lowest BCUT2D eigenvalue weighted by atomic mass is 10.0. The van der Waals surface area contributed by atoms with E-state index in [2.05, 4.69) is 184 Å². The van der Waals surface area contributed by atoms with Crippen LogP contribution in [-0.2, 0) is 0 Å². The summed E-state index contributed by atoms with van der Waals surface area (Å²) in [5, 5.41) is 6.10. The first-order chi connectivity index (χ1) is 26.8. The third kappa shape index (κ3) is 4.13. The fraction of sp³-hybridized carbons (Fsp3) is 0. The number of hydrogen-bond acceptors (Lipinski definition) is 2. The molecule has 0 fully saturated rings. The maximum atomic E-state index is 5.30. The number of hydrogen-bond donors (Lipinski definition) is 0. The van der Waals surface area contributed by atoms with Crippen LogP contribution in [0.15, 0.2) is 182 Å². The fourth-order valence-electron chi connectivity index (χ4n) is 8.95. The van der Waals surface area contributed by atoms with E-state index in [0.29, 0.717) is 0 Å². The van der Waals surface area contributed by atoms with Crippen molar-refractivity contribution in [2.45, 2.75) is 0 Å². The smallest absolute Gasteiger partial charge is 0.138 e. The third-order valence-electron chi connectivity index (χ3n) is 11.3. The normalized spacial score (nSPS) is 12.1. The van der Waals surface area contributed by atoms with E-state index in [9.17, 15) is 0 Å². The molecule has 11 aromatic rings. The van der Waals surface area contributed by atoms with Crippen molar-refractivity contribution in [3.63, 3.8) is 0 Å². The Morgan fingerprint density at radius 3 is 1.78 bits per heavy atom. The molecule has 0 spiro atoms. The van der Waals surface area contributed by atoms with Crippen LogP contribution < -0.4 is 0 Å². The fourth-order valence-corrected chi connectivity index (χ4v) is 8.95. The zero-order valence-electron chi connectivity index (χ0n) is 29.1. The Bertz CT molecular complexity index is 3330. The molecular formula is C50H30N4. The van der Waals surface area contributed by atoms with Gasteiger partial charge < -0.3 is 4.57 Å². The molecule has 12 rings (SSSR count). The average Bonchev–Trinajstić information content (AvgIpc) is 3.87. The zero-order valence-corrected chi connectivity index (χ0v) is 29.1. The largest absolute Gasteiger partial charge is 0.309 e. The van der Waals surface area contributed by atoms with E-state index in [1.807, 2.05) is 12.4 Å². The Hall–Kier alpha value is -7.30. The molecule has 4 heteroatoms. The molecule has 250 valence electrons. The summed E-state index contributed by atoms with van der Waals surface area (Å²) in [6.45, 7) is 0. The van der Waals surface area contributed by atoms with E-state index in [-0.39, 0.29) is 0 Å². The minimum absolute atomic E-state index is 0.913. The first-order valence-electron chi connectivity index (χ1n) is 18.4. The van der Waals surface area contributed by atoms with Crippen molar-refractivity contribution >= 4 is 54.5 Å². The highest BCUT2D eigenvalue weighted by molar-refractivity contribution is 6.16. The van der Waals surface area contributed by atoms with Gasteiger partial charge in [-0.2, -0.15) is 0 Å². The van der Waals surface area contributed by atoms with E-state index >= 15 is 0 Å². The lowest BCUT2D eigenvalue weighted by Gasteiger charge is -2.11. The molecule has 0 saturated heterocycles. The van der Waals surface area contributed by atoms with Gasteiger partial charge in [-0.3, -0.25) is 9.55 Å². The molecule has 0 amide bonds. The molecule has 1 aliphatic carbocycles. The van der Waals surface area contributed by atoms with Gasteiger partial charge in [-0.15, -0.1) is 0 Å². The molecule has 0 unspecified atom stereocenters. The summed E-state index contributed by atoms with van der Waals surface area (Å²) in [5.41, 5.74) is 16.4. The van der Waals surface area contributed by atoms with Gasteiger partial charge in [0, 0.05) is 50.6 Å². The molecule has 0 radical (unpaired) electrons. The molecular weight excluding hydrogens is 657 g/mol. The van der Waals surface area contributed by atoms with Crippen LogP contribution in [0, 0.1) is 0 Å². The quantitative estimate of drug-likeness (QED) is 0.185. The molecule has 1 aliphatic rings. The molecule has 0 saturated carbocycles. The number of pyridine rings is 2. The van der Waals surface area contributed by atoms with Crippen LogP contribution in [0.25, 0.3) is 111 Å². The highest BCUT2D eigenvalue weighted by Gasteiger charge is 2.24. The van der Waals surface area contributed by atoms with Crippen LogP contribution in [0.3, 0.4) is 0 Å². The van der Waals surface area contributed by atoms with Crippen molar-refractivity contribution in [2.24, 2.45) is 0 Å². The molecule has 4 heterocycles. The standard InChI is InChI=1S/C50H30N4/c1-2-10-31(11-3-1)32-12-8-13-35(26-32)53-45-18-6-4-14-37(45)40-27-33(20-22-47(40)53)34-21-23-48-41(28-34)38-15-5-7-19-46(38)54(48)49-29-42-43-30-51-25-24-36(43)39-16-9-17-44(52-49)50(39)42/h1-30H. The van der Waals surface area contributed by atoms with Gasteiger partial charge >= 0.3 is 0 Å². The Morgan fingerprint density at radius 2 is 1.00 bits per heavy atom. The maximum Gasteiger partial charge on any atom is 0.138 e. The predicted octanol–water partition coefficient (Wildman–Crippen LogP) is 12.8. The minimum Gasteiger partial charge on any atom is -0.309 e. The first kappa shape index (κ1) is 29.3. The van der Waals surface area contributed by atoms with Gasteiger partial charge in [-0.05, 0) is 106 Å². The van der Waals surface area contributed by atoms with Crippen LogP contribution in [0.1, 0.15) is 0 Å². The van der Waals surface area contributed by atoms with Gasteiger partial charge in [0.15, 0.2) is 0 Å². The van der Waals surface area contributed by atoms with E-state index in [1.165, 1.54) is 76.9 Å². The number of nitrogens with zero attached hydrogens (tertiary/aromatic N) is 4. The average molecular weight is 687 g/mol. The molecule has 4 aromatic heterocycles. The van der Waals surface area contributed by atoms with Gasteiger partial charge in [0.2, 0.25) is 0 Å². The van der Waals surface area contributed by atoms with E-state index < -0.39 is 0 Å². The number of rotatable bonds is 4. The molecule has 54 heavy (non-hydrogen) atoms. The summed E-state index contributed by atoms with van der Waals surface area (Å²) in [6, 6.07) is 61.5. The Labute approximate surface area is 310 Å². The van der Waals surface area contributed by atoms with Crippen LogP contribution in [-0.4, -0.2) is 19.1 Å². The van der Waals surface area contributed by atoms with Crippen molar-refractivity contribution in [1.29, 1.82) is 0 Å². The van der Waals surface area contributed by atoms with Crippen LogP contribution >= 0.6 is 0 Å². The summed E-state index contributed by atoms with van der Waals surface area (Å²) in [4.78, 5) is 9.79. The van der Waals surface area contributed by atoms with Gasteiger partial charge in [0.05, 0.1) is 27.6 Å². The van der Waals surface area contributed by atoms with Crippen LogP contribution in [0.2, 0.25) is 0 Å². The van der Waals surface area contributed by atoms with Gasteiger partial charge in [0.1, 0.15) is 5.82 Å². The number of aromatic nitrogens is 4. The molecule has 0 N–H and O–H groups in total. The summed E-state index contributed by atoms with van der Waals surface area (Å²) in [6.07, 6.45) is 3.87. The van der Waals surface area contributed by atoms with Gasteiger partial charge in [-0.25, -0.2) is 4.98 Å². The molecule has 0 bridgehead atoms. The topological polar surface area (TPSA) is 35.6 Å². The lowest BCUT2D eigenvalue weighted by molar-refractivity contribution is 1.10. The second kappa shape index (κ2) is 11.1. The first-order valence-corrected chi connectivity index (χ1v) is 18.4. The van der Waals surface area contributed by atoms with Crippen LogP contribution in [0.4, 0.5) is 0 Å². The molecule has 7 aromatic carbocycles. The van der Waals surface area contributed by atoms with Crippen LogP contribution in [0.5, 0.6) is 0 Å². The van der Waals surface area contributed by atoms with Crippen molar-refractivity contribution in [3.05, 3.63) is 182 Å². The molecule has 0 aliphatic heterocycles. The summed E-state index contributed by atoms with van der Waals surface area (Å²) < 4.78 is 4.73. The summed E-state index contributed by atoms with van der Waals surface area (Å²) in [7, 11) is 0. The maximum absolute atomic E-state index is 5.30. The van der Waals surface area contributed by atoms with E-state index in [1.54, 1.807) is 0 Å². The lowest BCUT2D eigenvalue weighted by Crippen LogP contribution is -1.98. The monoisotopic (exact) mass is 686 g/mol. The second-order valence-electron chi connectivity index (χ2n) is 14.2. The predicted molar refractivity (Wildman–Crippen MR) is 224 cm³/mol. The number of benzene rings is 7. The van der Waals surface area contributed by atoms with Crippen molar-refractivity contribution < 1.29 is 0 Å². The van der Waals surface area contributed by atoms with Crippen molar-refractivity contribution in [2.75, 3.05) is 0 Å². The molecule has 4 nitrogen and oxygen atoms in total. The Balaban J connectivity index is 1.03. The van der Waals surface area contributed by atoms with E-state index in [4.69, 9.17) is 4.98 Å². The number of fused-ring (bicyclic) bond motifs is 9. The number of para-hydroxylation sites is 2. The van der Waals surface area contributed by atoms with E-state index in [0.717, 1.165) is 33.6 Å². The zero-order chi connectivity index (χ0) is 35.3. The van der Waals surface area contributed by atoms with Gasteiger partial charge in [-0.1, -0.05) is 103 Å². The summed E-state index contributed by atoms with van der Waals surface area (Å²) >= 11 is 0.